The fourth-order valence-corrected chi connectivity index (χ4v) is 3.09. The van der Waals surface area contributed by atoms with Crippen LogP contribution < -0.4 is 4.74 Å². The molecule has 16 heavy (non-hydrogen) atoms. The van der Waals surface area contributed by atoms with Gasteiger partial charge in [-0.15, -0.1) is 11.3 Å². The lowest BCUT2D eigenvalue weighted by Crippen LogP contribution is -1.80. The number of hydrogen-bond donors (Lipinski definition) is 0. The van der Waals surface area contributed by atoms with Crippen LogP contribution in [-0.4, -0.2) is 7.11 Å². The standard InChI is InChI=1S/C12H9NOS2/c1-14-9-2-4-10(5-3-9)15-12-7-6-11(8-13)16-12/h2-7H,1H3. The third kappa shape index (κ3) is 2.57. The normalized spacial score (nSPS) is 9.75. The van der Waals surface area contributed by atoms with Crippen LogP contribution in [0, 0.1) is 11.3 Å². The Morgan fingerprint density at radius 1 is 1.19 bits per heavy atom. The second kappa shape index (κ2) is 5.06. The molecule has 0 N–H and O–H groups in total. The van der Waals surface area contributed by atoms with Gasteiger partial charge in [-0.3, -0.25) is 0 Å². The fraction of sp³-hybridized carbons (Fsp3) is 0.0833. The molecule has 1 heterocycles. The van der Waals surface area contributed by atoms with Crippen molar-refractivity contribution in [3.63, 3.8) is 0 Å². The number of methoxy groups -OCH3 is 1. The highest BCUT2D eigenvalue weighted by Gasteiger charge is 2.01. The minimum Gasteiger partial charge on any atom is -0.497 e. The molecule has 0 radical (unpaired) electrons. The summed E-state index contributed by atoms with van der Waals surface area (Å²) in [6, 6.07) is 13.8. The highest BCUT2D eigenvalue weighted by atomic mass is 32.2. The van der Waals surface area contributed by atoms with Gasteiger partial charge in [0.25, 0.3) is 0 Å². The summed E-state index contributed by atoms with van der Waals surface area (Å²) in [4.78, 5) is 1.89. The van der Waals surface area contributed by atoms with Crippen LogP contribution in [0.25, 0.3) is 0 Å². The van der Waals surface area contributed by atoms with E-state index in [2.05, 4.69) is 6.07 Å². The van der Waals surface area contributed by atoms with Gasteiger partial charge < -0.3 is 4.74 Å². The maximum atomic E-state index is 8.72. The van der Waals surface area contributed by atoms with Crippen LogP contribution in [-0.2, 0) is 0 Å². The third-order valence-corrected chi connectivity index (χ3v) is 4.10. The molecule has 0 unspecified atom stereocenters. The predicted octanol–water partition coefficient (Wildman–Crippen LogP) is 3.78. The zero-order valence-electron chi connectivity index (χ0n) is 8.64. The van der Waals surface area contributed by atoms with Crippen LogP contribution in [0.2, 0.25) is 0 Å². The van der Waals surface area contributed by atoms with Crippen molar-refractivity contribution in [2.24, 2.45) is 0 Å². The number of thiophene rings is 1. The summed E-state index contributed by atoms with van der Waals surface area (Å²) in [6.07, 6.45) is 0. The Morgan fingerprint density at radius 2 is 1.94 bits per heavy atom. The zero-order chi connectivity index (χ0) is 11.4. The van der Waals surface area contributed by atoms with Crippen molar-refractivity contribution < 1.29 is 4.74 Å². The quantitative estimate of drug-likeness (QED) is 0.827. The molecule has 80 valence electrons. The van der Waals surface area contributed by atoms with Gasteiger partial charge in [-0.1, -0.05) is 11.8 Å². The first-order chi connectivity index (χ1) is 7.81. The Labute approximate surface area is 102 Å². The monoisotopic (exact) mass is 247 g/mol. The first-order valence-electron chi connectivity index (χ1n) is 4.63. The van der Waals surface area contributed by atoms with Gasteiger partial charge in [0.2, 0.25) is 0 Å². The summed E-state index contributed by atoms with van der Waals surface area (Å²) >= 11 is 3.16. The predicted molar refractivity (Wildman–Crippen MR) is 66.2 cm³/mol. The van der Waals surface area contributed by atoms with E-state index in [1.807, 2.05) is 36.4 Å². The molecule has 0 aliphatic carbocycles. The van der Waals surface area contributed by atoms with E-state index in [0.717, 1.165) is 19.7 Å². The average molecular weight is 247 g/mol. The maximum absolute atomic E-state index is 8.72. The van der Waals surface area contributed by atoms with E-state index in [4.69, 9.17) is 10.00 Å². The summed E-state index contributed by atoms with van der Waals surface area (Å²) in [7, 11) is 1.65. The summed E-state index contributed by atoms with van der Waals surface area (Å²) in [6.45, 7) is 0. The molecule has 0 atom stereocenters. The molecule has 2 nitrogen and oxygen atoms in total. The number of benzene rings is 1. The number of rotatable bonds is 3. The first kappa shape index (κ1) is 11.1. The Balaban J connectivity index is 2.11. The molecule has 4 heteroatoms. The van der Waals surface area contributed by atoms with Gasteiger partial charge >= 0.3 is 0 Å². The lowest BCUT2D eigenvalue weighted by atomic mass is 10.3. The fourth-order valence-electron chi connectivity index (χ4n) is 1.20. The smallest absolute Gasteiger partial charge is 0.118 e. The number of hydrogen-bond acceptors (Lipinski definition) is 4. The van der Waals surface area contributed by atoms with E-state index in [-0.39, 0.29) is 0 Å². The van der Waals surface area contributed by atoms with E-state index < -0.39 is 0 Å². The van der Waals surface area contributed by atoms with Crippen molar-refractivity contribution in [3.05, 3.63) is 41.3 Å². The van der Waals surface area contributed by atoms with Gasteiger partial charge in [0.1, 0.15) is 16.7 Å². The Bertz CT molecular complexity index is 511. The molecule has 0 saturated heterocycles. The maximum Gasteiger partial charge on any atom is 0.118 e. The third-order valence-electron chi connectivity index (χ3n) is 1.97. The molecule has 1 aromatic carbocycles. The number of nitrogens with zero attached hydrogens (tertiary/aromatic N) is 1. The molecular formula is C12H9NOS2. The molecule has 0 aliphatic heterocycles. The van der Waals surface area contributed by atoms with Gasteiger partial charge in [-0.25, -0.2) is 0 Å². The van der Waals surface area contributed by atoms with Crippen LogP contribution in [0.15, 0.2) is 45.5 Å². The van der Waals surface area contributed by atoms with E-state index in [1.165, 1.54) is 11.3 Å². The molecular weight excluding hydrogens is 238 g/mol. The molecule has 0 aliphatic rings. The van der Waals surface area contributed by atoms with Crippen molar-refractivity contribution in [1.82, 2.24) is 0 Å². The van der Waals surface area contributed by atoms with Crippen molar-refractivity contribution in [3.8, 4) is 11.8 Å². The summed E-state index contributed by atoms with van der Waals surface area (Å²) < 4.78 is 6.22. The molecule has 0 spiro atoms. The summed E-state index contributed by atoms with van der Waals surface area (Å²) in [5.74, 6) is 0.855. The van der Waals surface area contributed by atoms with Gasteiger partial charge in [-0.2, -0.15) is 5.26 Å². The molecule has 0 fully saturated rings. The minimum atomic E-state index is 0.746. The van der Waals surface area contributed by atoms with E-state index >= 15 is 0 Å². The van der Waals surface area contributed by atoms with Gasteiger partial charge in [0, 0.05) is 4.90 Å². The molecule has 0 saturated carbocycles. The van der Waals surface area contributed by atoms with Gasteiger partial charge in [-0.05, 0) is 36.4 Å². The van der Waals surface area contributed by atoms with E-state index in [9.17, 15) is 0 Å². The highest BCUT2D eigenvalue weighted by Crippen LogP contribution is 2.33. The lowest BCUT2D eigenvalue weighted by Gasteiger charge is -2.01. The van der Waals surface area contributed by atoms with E-state index in [0.29, 0.717) is 0 Å². The van der Waals surface area contributed by atoms with Crippen molar-refractivity contribution in [2.75, 3.05) is 7.11 Å². The Morgan fingerprint density at radius 3 is 2.50 bits per heavy atom. The molecule has 1 aromatic heterocycles. The van der Waals surface area contributed by atoms with Crippen LogP contribution in [0.1, 0.15) is 4.88 Å². The van der Waals surface area contributed by atoms with E-state index in [1.54, 1.807) is 18.9 Å². The number of nitriles is 1. The van der Waals surface area contributed by atoms with Crippen molar-refractivity contribution >= 4 is 23.1 Å². The summed E-state index contributed by atoms with van der Waals surface area (Å²) in [5.41, 5.74) is 0. The number of ether oxygens (including phenoxy) is 1. The first-order valence-corrected chi connectivity index (χ1v) is 6.27. The molecule has 0 bridgehead atoms. The van der Waals surface area contributed by atoms with Crippen LogP contribution in [0.4, 0.5) is 0 Å². The second-order valence-electron chi connectivity index (χ2n) is 3.01. The largest absolute Gasteiger partial charge is 0.497 e. The van der Waals surface area contributed by atoms with Gasteiger partial charge in [0.05, 0.1) is 11.3 Å². The second-order valence-corrected chi connectivity index (χ2v) is 5.47. The Kier molecular flexibility index (Phi) is 3.50. The SMILES string of the molecule is COc1ccc(Sc2ccc(C#N)s2)cc1. The Hall–Kier alpha value is -1.44. The van der Waals surface area contributed by atoms with Crippen LogP contribution >= 0.6 is 23.1 Å². The molecule has 2 aromatic rings. The molecule has 2 rings (SSSR count). The zero-order valence-corrected chi connectivity index (χ0v) is 10.3. The average Bonchev–Trinajstić information content (AvgIpc) is 2.78. The van der Waals surface area contributed by atoms with Crippen LogP contribution in [0.3, 0.4) is 0 Å². The molecule has 0 amide bonds. The summed E-state index contributed by atoms with van der Waals surface area (Å²) in [5, 5.41) is 8.72. The minimum absolute atomic E-state index is 0.746. The van der Waals surface area contributed by atoms with Crippen molar-refractivity contribution in [2.45, 2.75) is 9.10 Å². The topological polar surface area (TPSA) is 33.0 Å². The van der Waals surface area contributed by atoms with Gasteiger partial charge in [0.15, 0.2) is 0 Å². The van der Waals surface area contributed by atoms with Crippen LogP contribution in [0.5, 0.6) is 5.75 Å². The lowest BCUT2D eigenvalue weighted by molar-refractivity contribution is 0.414. The highest BCUT2D eigenvalue weighted by molar-refractivity contribution is 8.01. The van der Waals surface area contributed by atoms with Crippen molar-refractivity contribution in [1.29, 1.82) is 5.26 Å².